The van der Waals surface area contributed by atoms with Crippen LogP contribution in [0.1, 0.15) is 39.7 Å². The molecular formula is C24H17Cl2N3O2. The van der Waals surface area contributed by atoms with Crippen LogP contribution >= 0.6 is 23.2 Å². The van der Waals surface area contributed by atoms with Gasteiger partial charge in [-0.3, -0.25) is 4.79 Å². The number of furan rings is 1. The van der Waals surface area contributed by atoms with Crippen molar-refractivity contribution in [3.05, 3.63) is 99.6 Å². The van der Waals surface area contributed by atoms with Crippen LogP contribution in [0.2, 0.25) is 10.2 Å². The van der Waals surface area contributed by atoms with E-state index >= 15 is 0 Å². The van der Waals surface area contributed by atoms with Gasteiger partial charge in [-0.2, -0.15) is 5.10 Å². The highest BCUT2D eigenvalue weighted by Crippen LogP contribution is 2.38. The number of amides is 1. The summed E-state index contributed by atoms with van der Waals surface area (Å²) in [7, 11) is 0. The molecule has 3 heterocycles. The lowest BCUT2D eigenvalue weighted by molar-refractivity contribution is 0.0678. The molecule has 7 heteroatoms. The van der Waals surface area contributed by atoms with Gasteiger partial charge in [-0.1, -0.05) is 47.5 Å². The predicted molar refractivity (Wildman–Crippen MR) is 122 cm³/mol. The van der Waals surface area contributed by atoms with Gasteiger partial charge in [0.05, 0.1) is 23.5 Å². The number of rotatable bonds is 3. The zero-order valence-corrected chi connectivity index (χ0v) is 18.1. The number of nitrogens with zero attached hydrogens (tertiary/aromatic N) is 3. The number of aryl methyl sites for hydroxylation is 1. The molecule has 1 aliphatic heterocycles. The summed E-state index contributed by atoms with van der Waals surface area (Å²) >= 11 is 12.6. The van der Waals surface area contributed by atoms with Gasteiger partial charge in [-0.05, 0) is 54.4 Å². The Morgan fingerprint density at radius 1 is 1.10 bits per heavy atom. The van der Waals surface area contributed by atoms with E-state index in [1.165, 1.54) is 11.3 Å². The molecule has 0 aliphatic carbocycles. The van der Waals surface area contributed by atoms with Crippen LogP contribution < -0.4 is 0 Å². The van der Waals surface area contributed by atoms with Crippen molar-refractivity contribution in [2.75, 3.05) is 0 Å². The van der Waals surface area contributed by atoms with Crippen molar-refractivity contribution in [3.63, 3.8) is 0 Å². The third-order valence-electron chi connectivity index (χ3n) is 5.34. The first-order chi connectivity index (χ1) is 15.0. The second kappa shape index (κ2) is 7.84. The van der Waals surface area contributed by atoms with E-state index in [1.807, 2.05) is 43.3 Å². The Labute approximate surface area is 188 Å². The molecule has 0 bridgehead atoms. The molecule has 0 spiro atoms. The largest absolute Gasteiger partial charge is 0.459 e. The average Bonchev–Trinajstić information content (AvgIpc) is 3.44. The van der Waals surface area contributed by atoms with E-state index in [4.69, 9.17) is 27.6 Å². The molecule has 4 aromatic rings. The molecule has 0 saturated carbocycles. The molecule has 1 unspecified atom stereocenters. The number of benzene rings is 2. The van der Waals surface area contributed by atoms with Crippen LogP contribution in [-0.2, 0) is 0 Å². The number of fused-ring (bicyclic) bond motifs is 1. The SMILES string of the molecule is Cc1ccc2cc(C3CC(c4ccc(Cl)cc4)=NN3C(=O)c3ccco3)c(Cl)nc2c1. The monoisotopic (exact) mass is 449 g/mol. The molecule has 1 atom stereocenters. The highest BCUT2D eigenvalue weighted by atomic mass is 35.5. The predicted octanol–water partition coefficient (Wildman–Crippen LogP) is 6.43. The Balaban J connectivity index is 1.60. The number of hydrazone groups is 1. The van der Waals surface area contributed by atoms with Crippen LogP contribution in [0.25, 0.3) is 10.9 Å². The van der Waals surface area contributed by atoms with Crippen LogP contribution in [0.5, 0.6) is 0 Å². The fourth-order valence-corrected chi connectivity index (χ4v) is 4.17. The van der Waals surface area contributed by atoms with E-state index < -0.39 is 6.04 Å². The lowest BCUT2D eigenvalue weighted by Crippen LogP contribution is -2.27. The summed E-state index contributed by atoms with van der Waals surface area (Å²) in [5, 5.41) is 8.03. The lowest BCUT2D eigenvalue weighted by Gasteiger charge is -2.22. The van der Waals surface area contributed by atoms with Gasteiger partial charge in [0.15, 0.2) is 5.76 Å². The standard InChI is InChI=1S/C24H17Cl2N3O2/c1-14-4-5-16-12-18(23(26)27-19(16)11-14)21-13-20(15-6-8-17(25)9-7-15)28-29(21)24(30)22-3-2-10-31-22/h2-12,21H,13H2,1H3. The van der Waals surface area contributed by atoms with Gasteiger partial charge in [-0.25, -0.2) is 9.99 Å². The van der Waals surface area contributed by atoms with E-state index in [-0.39, 0.29) is 11.7 Å². The number of aromatic nitrogens is 1. The van der Waals surface area contributed by atoms with Gasteiger partial charge < -0.3 is 4.42 Å². The number of carbonyl (C=O) groups is 1. The van der Waals surface area contributed by atoms with Crippen LogP contribution in [0.15, 0.2) is 76.4 Å². The van der Waals surface area contributed by atoms with Gasteiger partial charge in [0.1, 0.15) is 5.15 Å². The first-order valence-electron chi connectivity index (χ1n) is 9.77. The normalized spacial score (nSPS) is 16.0. The number of pyridine rings is 1. The summed E-state index contributed by atoms with van der Waals surface area (Å²) in [6.45, 7) is 2.01. The molecule has 1 aliphatic rings. The molecule has 154 valence electrons. The van der Waals surface area contributed by atoms with Crippen molar-refractivity contribution in [1.29, 1.82) is 0 Å². The maximum Gasteiger partial charge on any atom is 0.310 e. The van der Waals surface area contributed by atoms with Crippen LogP contribution in [0.3, 0.4) is 0 Å². The fraction of sp³-hybridized carbons (Fsp3) is 0.125. The maximum absolute atomic E-state index is 13.2. The Kier molecular flexibility index (Phi) is 5.00. The Bertz CT molecular complexity index is 1310. The second-order valence-corrected chi connectivity index (χ2v) is 8.26. The Morgan fingerprint density at radius 2 is 1.90 bits per heavy atom. The van der Waals surface area contributed by atoms with E-state index in [2.05, 4.69) is 10.1 Å². The second-order valence-electron chi connectivity index (χ2n) is 7.47. The van der Waals surface area contributed by atoms with Crippen LogP contribution in [-0.4, -0.2) is 21.6 Å². The molecule has 0 saturated heterocycles. The number of hydrogen-bond donors (Lipinski definition) is 0. The first kappa shape index (κ1) is 19.8. The van der Waals surface area contributed by atoms with E-state index in [0.717, 1.165) is 33.3 Å². The van der Waals surface area contributed by atoms with Crippen molar-refractivity contribution in [1.82, 2.24) is 9.99 Å². The Hall–Kier alpha value is -3.15. The molecule has 31 heavy (non-hydrogen) atoms. The minimum atomic E-state index is -0.408. The summed E-state index contributed by atoms with van der Waals surface area (Å²) in [4.78, 5) is 17.8. The summed E-state index contributed by atoms with van der Waals surface area (Å²) < 4.78 is 5.34. The van der Waals surface area contributed by atoms with Crippen molar-refractivity contribution in [2.45, 2.75) is 19.4 Å². The fourth-order valence-electron chi connectivity index (χ4n) is 3.77. The topological polar surface area (TPSA) is 58.7 Å². The van der Waals surface area contributed by atoms with Crippen LogP contribution in [0, 0.1) is 6.92 Å². The summed E-state index contributed by atoms with van der Waals surface area (Å²) in [5.41, 5.74) is 4.32. The number of halogens is 2. The smallest absolute Gasteiger partial charge is 0.310 e. The molecule has 0 radical (unpaired) electrons. The van der Waals surface area contributed by atoms with Gasteiger partial charge in [0, 0.05) is 22.4 Å². The molecule has 2 aromatic carbocycles. The highest BCUT2D eigenvalue weighted by molar-refractivity contribution is 6.31. The molecule has 0 fully saturated rings. The summed E-state index contributed by atoms with van der Waals surface area (Å²) in [6.07, 6.45) is 1.96. The molecule has 5 rings (SSSR count). The van der Waals surface area contributed by atoms with Gasteiger partial charge in [0.2, 0.25) is 0 Å². The lowest BCUT2D eigenvalue weighted by atomic mass is 9.98. The zero-order valence-electron chi connectivity index (χ0n) is 16.5. The average molecular weight is 450 g/mol. The van der Waals surface area contributed by atoms with E-state index in [9.17, 15) is 4.79 Å². The third kappa shape index (κ3) is 3.71. The quantitative estimate of drug-likeness (QED) is 0.338. The zero-order chi connectivity index (χ0) is 21.5. The third-order valence-corrected chi connectivity index (χ3v) is 5.90. The van der Waals surface area contributed by atoms with Crippen LogP contribution in [0.4, 0.5) is 0 Å². The van der Waals surface area contributed by atoms with Crippen molar-refractivity contribution in [3.8, 4) is 0 Å². The van der Waals surface area contributed by atoms with Crippen molar-refractivity contribution in [2.24, 2.45) is 5.10 Å². The molecular weight excluding hydrogens is 433 g/mol. The van der Waals surface area contributed by atoms with Gasteiger partial charge >= 0.3 is 5.91 Å². The van der Waals surface area contributed by atoms with Gasteiger partial charge in [0.25, 0.3) is 0 Å². The van der Waals surface area contributed by atoms with E-state index in [0.29, 0.717) is 16.6 Å². The number of hydrogen-bond acceptors (Lipinski definition) is 4. The Morgan fingerprint density at radius 3 is 2.65 bits per heavy atom. The number of carbonyl (C=O) groups excluding carboxylic acids is 1. The molecule has 1 amide bonds. The van der Waals surface area contributed by atoms with E-state index in [1.54, 1.807) is 24.3 Å². The van der Waals surface area contributed by atoms with Gasteiger partial charge in [-0.15, -0.1) is 0 Å². The minimum Gasteiger partial charge on any atom is -0.459 e. The maximum atomic E-state index is 13.2. The minimum absolute atomic E-state index is 0.214. The van der Waals surface area contributed by atoms with Crippen molar-refractivity contribution >= 4 is 45.7 Å². The molecule has 2 aromatic heterocycles. The first-order valence-corrected chi connectivity index (χ1v) is 10.5. The highest BCUT2D eigenvalue weighted by Gasteiger charge is 2.36. The van der Waals surface area contributed by atoms with Crippen molar-refractivity contribution < 1.29 is 9.21 Å². The molecule has 5 nitrogen and oxygen atoms in total. The summed E-state index contributed by atoms with van der Waals surface area (Å²) in [5.74, 6) is -0.120. The summed E-state index contributed by atoms with van der Waals surface area (Å²) in [6, 6.07) is 18.3. The molecule has 0 N–H and O–H groups in total.